The van der Waals surface area contributed by atoms with E-state index in [1.54, 1.807) is 37.4 Å². The van der Waals surface area contributed by atoms with Gasteiger partial charge >= 0.3 is 0 Å². The van der Waals surface area contributed by atoms with Crippen molar-refractivity contribution in [1.82, 2.24) is 63.8 Å². The molecule has 696 valence electrons. The Kier molecular flexibility index (Phi) is 39.7. The van der Waals surface area contributed by atoms with E-state index in [9.17, 15) is 5.11 Å². The Balaban J connectivity index is 0.000000136. The van der Waals surface area contributed by atoms with Crippen LogP contribution in [0.2, 0.25) is 40.2 Å². The molecule has 0 amide bonds. The van der Waals surface area contributed by atoms with Crippen LogP contribution < -0.4 is 68.5 Å². The molecule has 12 aromatic rings. The maximum absolute atomic E-state index is 9.68. The Morgan fingerprint density at radius 2 is 0.649 bits per heavy atom. The first-order valence-corrected chi connectivity index (χ1v) is 48.7. The van der Waals surface area contributed by atoms with E-state index >= 15 is 0 Å². The van der Waals surface area contributed by atoms with Gasteiger partial charge in [-0.2, -0.15) is 0 Å². The van der Waals surface area contributed by atoms with Crippen LogP contribution in [-0.2, 0) is 44.9 Å². The third-order valence-electron chi connectivity index (χ3n) is 22.5. The molecule has 0 radical (unpaired) electrons. The van der Waals surface area contributed by atoms with Crippen molar-refractivity contribution in [1.29, 1.82) is 0 Å². The molecule has 134 heavy (non-hydrogen) atoms. The van der Waals surface area contributed by atoms with Crippen molar-refractivity contribution >= 4 is 144 Å². The quantitative estimate of drug-likeness (QED) is 0.0241. The Hall–Kier alpha value is -11.3. The number of nitrogens with one attached hydrogen (secondary N) is 12. The molecule has 0 aliphatic carbocycles. The normalized spacial score (nSPS) is 15.0. The van der Waals surface area contributed by atoms with Gasteiger partial charge in [0, 0.05) is 60.2 Å². The van der Waals surface area contributed by atoms with Crippen molar-refractivity contribution in [2.75, 3.05) is 85.6 Å². The molecule has 6 heterocycles. The number of aryl methyl sites for hydroxylation is 1. The highest BCUT2D eigenvalue weighted by atomic mass is 79.9. The fourth-order valence-corrected chi connectivity index (χ4v) is 17.7. The van der Waals surface area contributed by atoms with Crippen LogP contribution in [-0.4, -0.2) is 127 Å². The van der Waals surface area contributed by atoms with Gasteiger partial charge in [-0.15, -0.1) is 0 Å². The smallest absolute Gasteiger partial charge is 0.191 e. The Morgan fingerprint density at radius 3 is 1.05 bits per heavy atom. The van der Waals surface area contributed by atoms with Gasteiger partial charge < -0.3 is 73.6 Å². The minimum Gasteiger partial charge on any atom is -0.508 e. The van der Waals surface area contributed by atoms with Gasteiger partial charge in [0.2, 0.25) is 0 Å². The van der Waals surface area contributed by atoms with Gasteiger partial charge in [0.1, 0.15) is 11.5 Å². The average Bonchev–Trinajstić information content (AvgIpc) is 0.992. The van der Waals surface area contributed by atoms with E-state index in [2.05, 4.69) is 268 Å². The maximum atomic E-state index is 9.68. The lowest BCUT2D eigenvalue weighted by atomic mass is 9.97. The molecule has 0 saturated carbocycles. The molecule has 20 nitrogen and oxygen atoms in total. The van der Waals surface area contributed by atoms with Crippen molar-refractivity contribution in [3.63, 3.8) is 0 Å². The highest BCUT2D eigenvalue weighted by Crippen LogP contribution is 2.36. The standard InChI is InChI=1S/C19H23N3.C18H20ClN3O.C17H17BrClN3.C17H15Cl4N3.C17H17Cl2N3O.C17H19N3/c1-2-15-8-10-17(11-9-15)18(22-19-20-12-13-21-19)14-16-6-4-3-5-7-16;1-23-17-8-3-2-5-14(17)12-16(22-18-20-9-10-21-18)13-6-4-7-15(19)11-13;18-15-7-2-1-4-12(15)11-16(22-17-20-8-9-21-17)13-5-3-6-14(19)10-13;18-12-5-4-10(8-14(12)20)9-15(24-17-22-6-7-23-17)11-2-1-3-13(19)16(11)21;18-14-6-2-5-13(16(14)19)15(22-17-20-7-8-21-17)10-11-3-1-4-12(23)9-11;1-3-7-14(8-4-1)13-16(15-9-5-2-6-10-15)20-17-18-11-12-19-17/h3-11,18H,2,12-14H2,1H3,(H2,20,21,22);2-8,11,16H,9-10,12H2,1H3,(H2,20,21,22);1-7,10,16H,8-9,11H2,(H2,20,21,22);1-5,8,15H,6-7,9H2,(H2,22,23,24);1-6,9,15,23H,7-8,10H2,(H2,20,21,22);1-10,16H,11-13H2,(H2,18,19,20). The monoisotopic (exact) mass is 2010 g/mol. The van der Waals surface area contributed by atoms with Gasteiger partial charge in [-0.25, -0.2) is 0 Å². The molecule has 18 rings (SSSR count). The zero-order valence-electron chi connectivity index (χ0n) is 74.6. The van der Waals surface area contributed by atoms with Crippen molar-refractivity contribution in [2.24, 2.45) is 30.0 Å². The van der Waals surface area contributed by atoms with Crippen LogP contribution >= 0.6 is 109 Å². The lowest BCUT2D eigenvalue weighted by Gasteiger charge is -2.22. The molecular formula is C105H111BrCl8N18O2. The van der Waals surface area contributed by atoms with Crippen LogP contribution in [0.5, 0.6) is 11.5 Å². The molecule has 0 saturated heterocycles. The summed E-state index contributed by atoms with van der Waals surface area (Å²) in [4.78, 5) is 26.6. The number of phenols is 1. The molecule has 6 aliphatic rings. The summed E-state index contributed by atoms with van der Waals surface area (Å²) in [5, 5.41) is 54.7. The number of aliphatic imine (C=N–C) groups is 6. The number of nitrogens with zero attached hydrogens (tertiary/aromatic N) is 6. The van der Waals surface area contributed by atoms with Gasteiger partial charge in [0.05, 0.1) is 113 Å². The Morgan fingerprint density at radius 1 is 0.306 bits per heavy atom. The third kappa shape index (κ3) is 31.6. The van der Waals surface area contributed by atoms with Gasteiger partial charge in [-0.3, -0.25) is 30.0 Å². The molecule has 6 atom stereocenters. The van der Waals surface area contributed by atoms with Crippen LogP contribution in [0.4, 0.5) is 0 Å². The Bertz CT molecular complexity index is 5950. The molecule has 0 spiro atoms. The van der Waals surface area contributed by atoms with E-state index in [1.165, 1.54) is 33.4 Å². The molecule has 0 bridgehead atoms. The number of benzene rings is 12. The van der Waals surface area contributed by atoms with Gasteiger partial charge in [-0.1, -0.05) is 334 Å². The maximum Gasteiger partial charge on any atom is 0.191 e. The summed E-state index contributed by atoms with van der Waals surface area (Å²) >= 11 is 53.2. The summed E-state index contributed by atoms with van der Waals surface area (Å²) in [5.41, 5.74) is 15.1. The molecule has 6 aliphatic heterocycles. The van der Waals surface area contributed by atoms with Crippen molar-refractivity contribution in [3.8, 4) is 11.5 Å². The van der Waals surface area contributed by atoms with Crippen molar-refractivity contribution in [2.45, 2.75) is 88.1 Å². The number of rotatable bonds is 26. The third-order valence-corrected chi connectivity index (χ3v) is 26.1. The first-order valence-electron chi connectivity index (χ1n) is 44.9. The average molecular weight is 2020 g/mol. The molecule has 0 aromatic heterocycles. The van der Waals surface area contributed by atoms with E-state index < -0.39 is 0 Å². The predicted molar refractivity (Wildman–Crippen MR) is 562 cm³/mol. The first kappa shape index (κ1) is 100. The van der Waals surface area contributed by atoms with Crippen molar-refractivity contribution < 1.29 is 9.84 Å². The fraction of sp³-hybridized carbons (Fsp3) is 0.257. The SMILES string of the molecule is CCc1ccc(C(Cc2ccccc2)NC2=NCCN2)cc1.COc1ccccc1CC(NC1=NCCN1)c1cccc(Cl)c1.Clc1ccc(CC(NC2=NCCN2)c2cccc(Cl)c2Cl)cc1Cl.Clc1cccc(C(Cc2ccccc2Br)NC2=NCCN2)c1.Oc1cccc(CC(NC2=NCCN2)c2cccc(Cl)c2Cl)c1.c1ccc(CC(NC2=NCCN2)c2ccccc2)cc1. The van der Waals surface area contributed by atoms with E-state index in [0.29, 0.717) is 43.0 Å². The molecule has 6 unspecified atom stereocenters. The summed E-state index contributed by atoms with van der Waals surface area (Å²) in [5.74, 6) is 6.18. The zero-order valence-corrected chi connectivity index (χ0v) is 82.2. The number of phenolic OH excluding ortho intramolecular Hbond substituents is 1. The summed E-state index contributed by atoms with van der Waals surface area (Å²) in [6.45, 7) is 12.3. The number of halogens is 9. The minimum absolute atomic E-state index is 0.0642. The molecule has 12 aromatic carbocycles. The number of aromatic hydroxyl groups is 1. The van der Waals surface area contributed by atoms with Crippen LogP contribution in [0.25, 0.3) is 0 Å². The number of methoxy groups -OCH3 is 1. The van der Waals surface area contributed by atoms with Crippen molar-refractivity contribution in [3.05, 3.63) is 408 Å². The summed E-state index contributed by atoms with van der Waals surface area (Å²) < 4.78 is 6.59. The number of guanidine groups is 6. The summed E-state index contributed by atoms with van der Waals surface area (Å²) in [7, 11) is 1.70. The zero-order chi connectivity index (χ0) is 93.6. The largest absolute Gasteiger partial charge is 0.508 e. The number of hydrogen-bond acceptors (Lipinski definition) is 20. The van der Waals surface area contributed by atoms with Crippen LogP contribution in [0.3, 0.4) is 0 Å². The van der Waals surface area contributed by atoms with Crippen LogP contribution in [0, 0.1) is 0 Å². The number of ether oxygens (including phenoxy) is 1. The second-order valence-corrected chi connectivity index (χ2v) is 36.2. The van der Waals surface area contributed by atoms with E-state index in [0.717, 1.165) is 206 Å². The molecule has 0 fully saturated rings. The van der Waals surface area contributed by atoms with Gasteiger partial charge in [0.25, 0.3) is 0 Å². The lowest BCUT2D eigenvalue weighted by Crippen LogP contribution is -2.37. The van der Waals surface area contributed by atoms with Crippen LogP contribution in [0.15, 0.2) is 326 Å². The van der Waals surface area contributed by atoms with Gasteiger partial charge in [0.15, 0.2) is 35.8 Å². The van der Waals surface area contributed by atoms with E-state index in [4.69, 9.17) is 97.5 Å². The highest BCUT2D eigenvalue weighted by Gasteiger charge is 2.26. The minimum atomic E-state index is -0.104. The van der Waals surface area contributed by atoms with Gasteiger partial charge in [-0.05, 0) is 184 Å². The van der Waals surface area contributed by atoms with E-state index in [1.807, 2.05) is 109 Å². The molecule has 29 heteroatoms. The molecular weight excluding hydrogens is 1910 g/mol. The fourth-order valence-electron chi connectivity index (χ4n) is 15.6. The highest BCUT2D eigenvalue weighted by molar-refractivity contribution is 9.10. The second-order valence-electron chi connectivity index (χ2n) is 32.0. The second kappa shape index (κ2) is 53.1. The lowest BCUT2D eigenvalue weighted by molar-refractivity contribution is 0.407. The summed E-state index contributed by atoms with van der Waals surface area (Å²) in [6.07, 6.45) is 5.92. The van der Waals surface area contributed by atoms with E-state index in [-0.39, 0.29) is 42.0 Å². The topological polar surface area (TPSA) is 248 Å². The number of para-hydroxylation sites is 1. The predicted octanol–water partition coefficient (Wildman–Crippen LogP) is 21.4. The molecule has 13 N–H and O–H groups in total. The first-order chi connectivity index (χ1) is 65.4. The Labute approximate surface area is 834 Å². The number of hydrogen-bond donors (Lipinski definition) is 13. The summed E-state index contributed by atoms with van der Waals surface area (Å²) in [6, 6.07) is 97.3. The van der Waals surface area contributed by atoms with Crippen LogP contribution in [0.1, 0.15) is 115 Å².